The van der Waals surface area contributed by atoms with E-state index in [-0.39, 0.29) is 29.1 Å². The van der Waals surface area contributed by atoms with Gasteiger partial charge in [-0.25, -0.2) is 18.4 Å². The molecule has 1 atom stereocenters. The van der Waals surface area contributed by atoms with Crippen molar-refractivity contribution in [1.29, 1.82) is 0 Å². The largest absolute Gasteiger partial charge is 0.365 e. The third-order valence-corrected chi connectivity index (χ3v) is 5.59. The molecule has 126 valence electrons. The lowest BCUT2D eigenvalue weighted by molar-refractivity contribution is 0.102. The number of amides is 1. The summed E-state index contributed by atoms with van der Waals surface area (Å²) in [6.07, 6.45) is 3.31. The Bertz CT molecular complexity index is 838. The second kappa shape index (κ2) is 6.74. The molecule has 7 nitrogen and oxygen atoms in total. The van der Waals surface area contributed by atoms with Gasteiger partial charge in [0.2, 0.25) is 0 Å². The molecule has 1 unspecified atom stereocenters. The second-order valence-electron chi connectivity index (χ2n) is 5.49. The highest BCUT2D eigenvalue weighted by Crippen LogP contribution is 2.16. The number of nitrogens with one attached hydrogen (secondary N) is 2. The van der Waals surface area contributed by atoms with E-state index in [1.165, 1.54) is 12.4 Å². The van der Waals surface area contributed by atoms with Gasteiger partial charge < -0.3 is 10.6 Å². The summed E-state index contributed by atoms with van der Waals surface area (Å²) in [7, 11) is -2.96. The number of hydrogen-bond donors (Lipinski definition) is 2. The molecule has 1 aliphatic rings. The smallest absolute Gasteiger partial charge is 0.275 e. The number of anilines is 2. The number of hydrogen-bond acceptors (Lipinski definition) is 6. The quantitative estimate of drug-likeness (QED) is 0.858. The summed E-state index contributed by atoms with van der Waals surface area (Å²) < 4.78 is 22.9. The van der Waals surface area contributed by atoms with E-state index >= 15 is 0 Å². The average Bonchev–Trinajstić information content (AvgIpc) is 2.89. The zero-order chi connectivity index (χ0) is 17.2. The molecular weight excluding hydrogens is 352 g/mol. The van der Waals surface area contributed by atoms with Crippen molar-refractivity contribution >= 4 is 38.9 Å². The van der Waals surface area contributed by atoms with Gasteiger partial charge in [-0.15, -0.1) is 0 Å². The monoisotopic (exact) mass is 366 g/mol. The zero-order valence-electron chi connectivity index (χ0n) is 12.6. The topological polar surface area (TPSA) is 101 Å². The Morgan fingerprint density at radius 1 is 1.17 bits per heavy atom. The van der Waals surface area contributed by atoms with Crippen LogP contribution < -0.4 is 10.6 Å². The summed E-state index contributed by atoms with van der Waals surface area (Å²) in [6, 6.07) is 6.55. The van der Waals surface area contributed by atoms with Gasteiger partial charge >= 0.3 is 0 Å². The van der Waals surface area contributed by atoms with Crippen LogP contribution in [-0.2, 0) is 9.84 Å². The first kappa shape index (κ1) is 16.7. The van der Waals surface area contributed by atoms with Crippen LogP contribution in [0.4, 0.5) is 11.5 Å². The molecule has 2 aromatic rings. The van der Waals surface area contributed by atoms with Crippen molar-refractivity contribution < 1.29 is 13.2 Å². The lowest BCUT2D eigenvalue weighted by Gasteiger charge is -2.11. The lowest BCUT2D eigenvalue weighted by atomic mass is 10.2. The van der Waals surface area contributed by atoms with Crippen LogP contribution in [0.5, 0.6) is 0 Å². The van der Waals surface area contributed by atoms with Gasteiger partial charge in [0, 0.05) is 16.8 Å². The number of nitrogens with zero attached hydrogens (tertiary/aromatic N) is 2. The first-order chi connectivity index (χ1) is 11.4. The molecule has 0 saturated carbocycles. The summed E-state index contributed by atoms with van der Waals surface area (Å²) in [5.74, 6) is 0.327. The molecule has 2 N–H and O–H groups in total. The van der Waals surface area contributed by atoms with Gasteiger partial charge in [0.05, 0.1) is 23.9 Å². The van der Waals surface area contributed by atoms with Crippen LogP contribution in [0, 0.1) is 0 Å². The summed E-state index contributed by atoms with van der Waals surface area (Å²) >= 11 is 5.79. The molecule has 0 spiro atoms. The number of halogens is 1. The number of carbonyl (C=O) groups is 1. The molecule has 0 radical (unpaired) electrons. The molecule has 1 aromatic carbocycles. The van der Waals surface area contributed by atoms with Crippen molar-refractivity contribution in [2.75, 3.05) is 22.1 Å². The first-order valence-electron chi connectivity index (χ1n) is 7.27. The zero-order valence-corrected chi connectivity index (χ0v) is 14.1. The summed E-state index contributed by atoms with van der Waals surface area (Å²) in [5, 5.41) is 6.29. The summed E-state index contributed by atoms with van der Waals surface area (Å²) in [4.78, 5) is 20.3. The van der Waals surface area contributed by atoms with Crippen molar-refractivity contribution in [3.63, 3.8) is 0 Å². The maximum Gasteiger partial charge on any atom is 0.275 e. The van der Waals surface area contributed by atoms with Gasteiger partial charge in [-0.05, 0) is 30.7 Å². The van der Waals surface area contributed by atoms with Crippen molar-refractivity contribution in [1.82, 2.24) is 9.97 Å². The molecule has 1 amide bonds. The fraction of sp³-hybridized carbons (Fsp3) is 0.267. The highest BCUT2D eigenvalue weighted by Gasteiger charge is 2.27. The van der Waals surface area contributed by atoms with E-state index in [4.69, 9.17) is 11.6 Å². The number of benzene rings is 1. The van der Waals surface area contributed by atoms with E-state index in [1.807, 2.05) is 0 Å². The normalized spacial score (nSPS) is 19.0. The Balaban J connectivity index is 1.61. The number of carbonyl (C=O) groups excluding carboxylic acids is 1. The number of sulfone groups is 1. The molecule has 1 fully saturated rings. The molecule has 9 heteroatoms. The third-order valence-electron chi connectivity index (χ3n) is 3.57. The maximum absolute atomic E-state index is 12.1. The Morgan fingerprint density at radius 3 is 2.50 bits per heavy atom. The highest BCUT2D eigenvalue weighted by atomic mass is 35.5. The Kier molecular flexibility index (Phi) is 4.68. The van der Waals surface area contributed by atoms with E-state index in [0.717, 1.165) is 0 Å². The van der Waals surface area contributed by atoms with Crippen LogP contribution in [0.1, 0.15) is 16.9 Å². The minimum Gasteiger partial charge on any atom is -0.365 e. The highest BCUT2D eigenvalue weighted by molar-refractivity contribution is 7.91. The molecule has 0 aliphatic carbocycles. The maximum atomic E-state index is 12.1. The van der Waals surface area contributed by atoms with Crippen LogP contribution >= 0.6 is 11.6 Å². The number of rotatable bonds is 4. The standard InChI is InChI=1S/C15H15ClN4O3S/c16-10-1-3-11(4-2-10)20-15(21)13-7-18-14(8-17-13)19-12-5-6-24(22,23)9-12/h1-4,7-8,12H,5-6,9H2,(H,18,19)(H,20,21). The van der Waals surface area contributed by atoms with E-state index in [9.17, 15) is 13.2 Å². The van der Waals surface area contributed by atoms with Crippen LogP contribution in [0.15, 0.2) is 36.7 Å². The van der Waals surface area contributed by atoms with Gasteiger partial charge in [-0.2, -0.15) is 0 Å². The minimum atomic E-state index is -2.96. The van der Waals surface area contributed by atoms with Gasteiger partial charge in [-0.1, -0.05) is 11.6 Å². The Labute approximate surface area is 144 Å². The molecule has 2 heterocycles. The second-order valence-corrected chi connectivity index (χ2v) is 8.16. The molecule has 24 heavy (non-hydrogen) atoms. The van der Waals surface area contributed by atoms with Gasteiger partial charge in [-0.3, -0.25) is 4.79 Å². The minimum absolute atomic E-state index is 0.0908. The summed E-state index contributed by atoms with van der Waals surface area (Å²) in [5.41, 5.74) is 0.763. The Morgan fingerprint density at radius 2 is 1.92 bits per heavy atom. The summed E-state index contributed by atoms with van der Waals surface area (Å²) in [6.45, 7) is 0. The fourth-order valence-corrected chi connectivity index (χ4v) is 4.17. The molecule has 1 aliphatic heterocycles. The van der Waals surface area contributed by atoms with Crippen LogP contribution in [-0.4, -0.2) is 41.8 Å². The molecule has 3 rings (SSSR count). The van der Waals surface area contributed by atoms with Gasteiger partial charge in [0.1, 0.15) is 11.5 Å². The lowest BCUT2D eigenvalue weighted by Crippen LogP contribution is -2.22. The van der Waals surface area contributed by atoms with Crippen LogP contribution in [0.2, 0.25) is 5.02 Å². The van der Waals surface area contributed by atoms with Crippen LogP contribution in [0.3, 0.4) is 0 Å². The van der Waals surface area contributed by atoms with Crippen molar-refractivity contribution in [3.8, 4) is 0 Å². The third kappa shape index (κ3) is 4.21. The van der Waals surface area contributed by atoms with Gasteiger partial charge in [0.15, 0.2) is 9.84 Å². The van der Waals surface area contributed by atoms with E-state index in [0.29, 0.717) is 22.9 Å². The SMILES string of the molecule is O=C(Nc1ccc(Cl)cc1)c1cnc(NC2CCS(=O)(=O)C2)cn1. The van der Waals surface area contributed by atoms with E-state index in [2.05, 4.69) is 20.6 Å². The predicted octanol–water partition coefficient (Wildman–Crippen LogP) is 1.98. The van der Waals surface area contributed by atoms with Gasteiger partial charge in [0.25, 0.3) is 5.91 Å². The van der Waals surface area contributed by atoms with Crippen molar-refractivity contribution in [2.24, 2.45) is 0 Å². The predicted molar refractivity (Wildman–Crippen MR) is 92.1 cm³/mol. The molecule has 0 bridgehead atoms. The first-order valence-corrected chi connectivity index (χ1v) is 9.47. The Hall–Kier alpha value is -2.19. The molecule has 1 aromatic heterocycles. The van der Waals surface area contributed by atoms with E-state index in [1.54, 1.807) is 24.3 Å². The molecule has 1 saturated heterocycles. The van der Waals surface area contributed by atoms with Crippen molar-refractivity contribution in [2.45, 2.75) is 12.5 Å². The average molecular weight is 367 g/mol. The number of aromatic nitrogens is 2. The van der Waals surface area contributed by atoms with Crippen molar-refractivity contribution in [3.05, 3.63) is 47.4 Å². The van der Waals surface area contributed by atoms with Crippen LogP contribution in [0.25, 0.3) is 0 Å². The molecular formula is C15H15ClN4O3S. The van der Waals surface area contributed by atoms with E-state index < -0.39 is 9.84 Å². The fourth-order valence-electron chi connectivity index (χ4n) is 2.37.